The molecule has 2 aromatic rings. The van der Waals surface area contributed by atoms with Gasteiger partial charge in [-0.05, 0) is 41.7 Å². The normalized spacial score (nSPS) is 14.6. The summed E-state index contributed by atoms with van der Waals surface area (Å²) in [6.07, 6.45) is -2.55. The minimum absolute atomic E-state index is 0.351. The summed E-state index contributed by atoms with van der Waals surface area (Å²) in [6.45, 7) is -1.43. The van der Waals surface area contributed by atoms with Gasteiger partial charge in [0.05, 0.1) is 5.56 Å². The molecule has 0 bridgehead atoms. The summed E-state index contributed by atoms with van der Waals surface area (Å²) < 4.78 is 275. The highest BCUT2D eigenvalue weighted by Crippen LogP contribution is 2.65. The van der Waals surface area contributed by atoms with E-state index in [1.807, 2.05) is 6.92 Å². The standard InChI is InChI=1S/C29H22F20O2/c1-2-3-4-5-15-6-8-16(9-7-15)17-10-12-18(13-11-17)19(50)51-14-21(32,33)23(36,37)25(40,41)27(44,45)29(48,49)28(46,47)26(42,43)24(38,39)22(34,35)20(30)31/h6-13,20H,2-5,14H2,1H3. The number of unbranched alkanes of at least 4 members (excludes halogenated alkanes) is 2. The third-order valence-electron chi connectivity index (χ3n) is 7.38. The van der Waals surface area contributed by atoms with E-state index in [4.69, 9.17) is 0 Å². The van der Waals surface area contributed by atoms with Crippen molar-refractivity contribution in [1.82, 2.24) is 0 Å². The Bertz CT molecular complexity index is 1480. The molecule has 0 saturated carbocycles. The Kier molecular flexibility index (Phi) is 12.1. The van der Waals surface area contributed by atoms with Gasteiger partial charge in [0.1, 0.15) is 0 Å². The number of esters is 1. The molecule has 0 N–H and O–H groups in total. The van der Waals surface area contributed by atoms with E-state index in [2.05, 4.69) is 4.74 Å². The number of alkyl halides is 20. The van der Waals surface area contributed by atoms with E-state index in [0.717, 1.165) is 55.5 Å². The summed E-state index contributed by atoms with van der Waals surface area (Å²) in [5.41, 5.74) is 1.03. The topological polar surface area (TPSA) is 26.3 Å². The van der Waals surface area contributed by atoms with Crippen LogP contribution >= 0.6 is 0 Å². The van der Waals surface area contributed by atoms with E-state index in [1.165, 1.54) is 0 Å². The van der Waals surface area contributed by atoms with Crippen LogP contribution in [0.5, 0.6) is 0 Å². The molecule has 2 nitrogen and oxygen atoms in total. The molecular formula is C29H22F20O2. The first-order valence-electron chi connectivity index (χ1n) is 13.9. The van der Waals surface area contributed by atoms with E-state index >= 15 is 0 Å². The van der Waals surface area contributed by atoms with Crippen LogP contribution in [0.4, 0.5) is 87.8 Å². The molecule has 51 heavy (non-hydrogen) atoms. The van der Waals surface area contributed by atoms with Crippen molar-refractivity contribution in [3.63, 3.8) is 0 Å². The first kappa shape index (κ1) is 43.7. The molecular weight excluding hydrogens is 760 g/mol. The van der Waals surface area contributed by atoms with Crippen LogP contribution in [-0.4, -0.2) is 72.3 Å². The largest absolute Gasteiger partial charge is 0.455 e. The van der Waals surface area contributed by atoms with Crippen molar-refractivity contribution in [2.24, 2.45) is 0 Å². The van der Waals surface area contributed by atoms with Crippen LogP contribution in [0.25, 0.3) is 11.1 Å². The van der Waals surface area contributed by atoms with Gasteiger partial charge in [0.25, 0.3) is 0 Å². The van der Waals surface area contributed by atoms with Crippen LogP contribution in [0.3, 0.4) is 0 Å². The molecule has 0 aliphatic heterocycles. The Hall–Kier alpha value is -3.49. The third kappa shape index (κ3) is 7.15. The first-order valence-corrected chi connectivity index (χ1v) is 13.9. The van der Waals surface area contributed by atoms with Crippen molar-refractivity contribution < 1.29 is 97.3 Å². The molecule has 0 amide bonds. The Balaban J connectivity index is 2.33. The lowest BCUT2D eigenvalue weighted by Gasteiger charge is -2.44. The third-order valence-corrected chi connectivity index (χ3v) is 7.38. The summed E-state index contributed by atoms with van der Waals surface area (Å²) in [7, 11) is 0. The molecule has 0 radical (unpaired) electrons. The predicted molar refractivity (Wildman–Crippen MR) is 136 cm³/mol. The second kappa shape index (κ2) is 14.1. The molecule has 22 heteroatoms. The molecule has 0 unspecified atom stereocenters. The number of benzene rings is 2. The van der Waals surface area contributed by atoms with Gasteiger partial charge in [-0.25, -0.2) is 13.6 Å². The number of rotatable bonds is 17. The van der Waals surface area contributed by atoms with Crippen LogP contribution in [0.1, 0.15) is 42.1 Å². The van der Waals surface area contributed by atoms with Gasteiger partial charge in [-0.2, -0.15) is 79.0 Å². The van der Waals surface area contributed by atoms with E-state index in [9.17, 15) is 92.6 Å². The summed E-state index contributed by atoms with van der Waals surface area (Å²) in [5, 5.41) is 0. The first-order chi connectivity index (χ1) is 22.8. The summed E-state index contributed by atoms with van der Waals surface area (Å²) in [5.74, 6) is -78.2. The van der Waals surface area contributed by atoms with Crippen molar-refractivity contribution in [1.29, 1.82) is 0 Å². The van der Waals surface area contributed by atoms with Crippen LogP contribution in [0, 0.1) is 0 Å². The fourth-order valence-corrected chi connectivity index (χ4v) is 4.13. The highest BCUT2D eigenvalue weighted by atomic mass is 19.4. The molecule has 290 valence electrons. The smallest absolute Gasteiger partial charge is 0.385 e. The molecule has 2 aromatic carbocycles. The maximum Gasteiger partial charge on any atom is 0.385 e. The van der Waals surface area contributed by atoms with Gasteiger partial charge in [0.2, 0.25) is 0 Å². The fraction of sp³-hybridized carbons (Fsp3) is 0.552. The van der Waals surface area contributed by atoms with Crippen LogP contribution < -0.4 is 0 Å². The van der Waals surface area contributed by atoms with Gasteiger partial charge in [0.15, 0.2) is 6.61 Å². The monoisotopic (exact) mass is 782 g/mol. The molecule has 0 saturated heterocycles. The maximum atomic E-state index is 14.1. The molecule has 0 aliphatic carbocycles. The number of hydrogen-bond donors (Lipinski definition) is 0. The lowest BCUT2D eigenvalue weighted by molar-refractivity contribution is -0.465. The second-order valence-corrected chi connectivity index (χ2v) is 11.0. The van der Waals surface area contributed by atoms with Crippen molar-refractivity contribution >= 4 is 5.97 Å². The van der Waals surface area contributed by atoms with Gasteiger partial charge < -0.3 is 4.74 Å². The molecule has 0 aromatic heterocycles. The minimum Gasteiger partial charge on any atom is -0.455 e. The highest BCUT2D eigenvalue weighted by molar-refractivity contribution is 5.90. The number of carbonyl (C=O) groups excluding carboxylic acids is 1. The average molecular weight is 782 g/mol. The zero-order valence-electron chi connectivity index (χ0n) is 25.1. The van der Waals surface area contributed by atoms with Gasteiger partial charge >= 0.3 is 65.7 Å². The molecule has 2 rings (SSSR count). The summed E-state index contributed by atoms with van der Waals surface area (Å²) in [4.78, 5) is 12.1. The van der Waals surface area contributed by atoms with E-state index < -0.39 is 77.9 Å². The zero-order chi connectivity index (χ0) is 39.9. The lowest BCUT2D eigenvalue weighted by atomic mass is 9.86. The Morgan fingerprint density at radius 3 is 1.31 bits per heavy atom. The van der Waals surface area contributed by atoms with Gasteiger partial charge in [-0.15, -0.1) is 0 Å². The van der Waals surface area contributed by atoms with Crippen molar-refractivity contribution in [3.8, 4) is 11.1 Å². The number of carbonyl (C=O) groups is 1. The molecule has 0 spiro atoms. The number of halogens is 20. The van der Waals surface area contributed by atoms with Crippen molar-refractivity contribution in [2.45, 2.75) is 92.3 Å². The van der Waals surface area contributed by atoms with Crippen molar-refractivity contribution in [3.05, 3.63) is 59.7 Å². The fourth-order valence-electron chi connectivity index (χ4n) is 4.13. The van der Waals surface area contributed by atoms with E-state index in [-0.39, 0.29) is 0 Å². The predicted octanol–water partition coefficient (Wildman–Crippen LogP) is 11.2. The second-order valence-electron chi connectivity index (χ2n) is 11.0. The molecule has 0 atom stereocenters. The Labute approximate surface area is 273 Å². The highest BCUT2D eigenvalue weighted by Gasteiger charge is 2.96. The van der Waals surface area contributed by atoms with E-state index in [0.29, 0.717) is 11.1 Å². The zero-order valence-corrected chi connectivity index (χ0v) is 25.1. The van der Waals surface area contributed by atoms with Gasteiger partial charge in [-0.3, -0.25) is 0 Å². The maximum absolute atomic E-state index is 14.1. The number of ether oxygens (including phenoxy) is 1. The average Bonchev–Trinajstić information content (AvgIpc) is 3.03. The Morgan fingerprint density at radius 1 is 0.549 bits per heavy atom. The van der Waals surface area contributed by atoms with Crippen LogP contribution in [-0.2, 0) is 11.2 Å². The molecule has 0 aliphatic rings. The summed E-state index contributed by atoms with van der Waals surface area (Å²) >= 11 is 0. The van der Waals surface area contributed by atoms with Crippen LogP contribution in [0.2, 0.25) is 0 Å². The molecule has 0 fully saturated rings. The van der Waals surface area contributed by atoms with Crippen molar-refractivity contribution in [2.75, 3.05) is 6.61 Å². The van der Waals surface area contributed by atoms with Gasteiger partial charge in [-0.1, -0.05) is 56.2 Å². The lowest BCUT2D eigenvalue weighted by Crippen LogP contribution is -2.76. The van der Waals surface area contributed by atoms with E-state index in [1.54, 1.807) is 24.3 Å². The number of hydrogen-bond acceptors (Lipinski definition) is 2. The minimum atomic E-state index is -9.11. The SMILES string of the molecule is CCCCCc1ccc(-c2ccc(C(=O)OCC(F)(F)C(F)(F)C(F)(F)C(F)(F)C(F)(F)C(F)(F)C(F)(F)C(F)(F)C(F)(F)C(F)F)cc2)cc1. The molecule has 0 heterocycles. The summed E-state index contributed by atoms with van der Waals surface area (Å²) in [6, 6.07) is 10.6. The van der Waals surface area contributed by atoms with Gasteiger partial charge in [0, 0.05) is 0 Å². The number of aryl methyl sites for hydroxylation is 1. The Morgan fingerprint density at radius 2 is 0.922 bits per heavy atom. The quantitative estimate of drug-likeness (QED) is 0.0908. The van der Waals surface area contributed by atoms with Crippen LogP contribution in [0.15, 0.2) is 48.5 Å².